The molecule has 0 amide bonds. The zero-order chi connectivity index (χ0) is 23.5. The number of nitrogens with zero attached hydrogens (tertiary/aromatic N) is 3. The second kappa shape index (κ2) is 9.24. The highest BCUT2D eigenvalue weighted by Gasteiger charge is 2.10. The van der Waals surface area contributed by atoms with Crippen LogP contribution in [0.25, 0.3) is 39.6 Å². The van der Waals surface area contributed by atoms with Crippen LogP contribution in [0.15, 0.2) is 126 Å². The number of para-hydroxylation sites is 2. The molecule has 0 N–H and O–H groups in total. The van der Waals surface area contributed by atoms with Crippen LogP contribution in [0.1, 0.15) is 16.8 Å². The van der Waals surface area contributed by atoms with Gasteiger partial charge in [0.25, 0.3) is 0 Å². The Morgan fingerprint density at radius 2 is 1.14 bits per heavy atom. The summed E-state index contributed by atoms with van der Waals surface area (Å²) >= 11 is 0. The second-order valence-electron chi connectivity index (χ2n) is 8.40. The van der Waals surface area contributed by atoms with Crippen molar-refractivity contribution in [1.82, 2.24) is 9.55 Å². The molecule has 0 unspecified atom stereocenters. The minimum atomic E-state index is 0.848. The third-order valence-electron chi connectivity index (χ3n) is 6.13. The molecule has 6 aromatic rings. The topological polar surface area (TPSA) is 30.2 Å². The summed E-state index contributed by atoms with van der Waals surface area (Å²) in [4.78, 5) is 8.76. The van der Waals surface area contributed by atoms with E-state index in [1.807, 2.05) is 30.3 Å². The number of rotatable bonds is 5. The molecule has 0 aliphatic rings. The first-order chi connectivity index (χ1) is 17.3. The molecule has 0 bridgehead atoms. The van der Waals surface area contributed by atoms with E-state index < -0.39 is 0 Å². The van der Waals surface area contributed by atoms with E-state index in [-0.39, 0.29) is 0 Å². The molecule has 0 aliphatic heterocycles. The lowest BCUT2D eigenvalue weighted by Gasteiger charge is -2.08. The van der Waals surface area contributed by atoms with E-state index in [1.54, 1.807) is 12.4 Å². The van der Waals surface area contributed by atoms with Gasteiger partial charge >= 0.3 is 0 Å². The van der Waals surface area contributed by atoms with Gasteiger partial charge in [-0.3, -0.25) is 9.98 Å². The maximum Gasteiger partial charge on any atom is 0.0812 e. The highest BCUT2D eigenvalue weighted by molar-refractivity contribution is 6.09. The summed E-state index contributed by atoms with van der Waals surface area (Å²) in [6.45, 7) is 0. The molecule has 0 saturated carbocycles. The minimum absolute atomic E-state index is 0.848. The number of hydrogen-bond acceptors (Lipinski definition) is 2. The quantitative estimate of drug-likeness (QED) is 0.193. The molecule has 6 rings (SSSR count). The standard InChI is InChI=1S/C32H23N3/c1-3-10-31-29(8-1)30-9-2-4-11-32(30)35(31)28-20-16-25(17-21-28)13-12-24-14-18-26(19-15-24)34-23-27-7-5-6-22-33-27/h1-23H/b13-12+,34-23?. The molecule has 4 aromatic carbocycles. The van der Waals surface area contributed by atoms with Crippen molar-refractivity contribution in [2.45, 2.75) is 0 Å². The van der Waals surface area contributed by atoms with Crippen molar-refractivity contribution in [3.63, 3.8) is 0 Å². The fourth-order valence-corrected chi connectivity index (χ4v) is 4.39. The maximum atomic E-state index is 4.50. The van der Waals surface area contributed by atoms with Gasteiger partial charge in [-0.25, -0.2) is 0 Å². The molecular formula is C32H23N3. The van der Waals surface area contributed by atoms with Crippen molar-refractivity contribution < 1.29 is 0 Å². The van der Waals surface area contributed by atoms with Gasteiger partial charge in [0.2, 0.25) is 0 Å². The van der Waals surface area contributed by atoms with Crippen molar-refractivity contribution in [2.24, 2.45) is 4.99 Å². The molecular weight excluding hydrogens is 426 g/mol. The fraction of sp³-hybridized carbons (Fsp3) is 0. The van der Waals surface area contributed by atoms with Gasteiger partial charge in [0.15, 0.2) is 0 Å². The Labute approximate surface area is 204 Å². The number of aromatic nitrogens is 2. The largest absolute Gasteiger partial charge is 0.309 e. The third kappa shape index (κ3) is 4.28. The van der Waals surface area contributed by atoms with Crippen LogP contribution < -0.4 is 0 Å². The Morgan fingerprint density at radius 3 is 1.74 bits per heavy atom. The molecule has 2 aromatic heterocycles. The second-order valence-corrected chi connectivity index (χ2v) is 8.40. The first kappa shape index (κ1) is 20.8. The Kier molecular flexibility index (Phi) is 5.50. The van der Waals surface area contributed by atoms with Crippen LogP contribution in [0.5, 0.6) is 0 Å². The van der Waals surface area contributed by atoms with Gasteiger partial charge in [-0.2, -0.15) is 0 Å². The summed E-state index contributed by atoms with van der Waals surface area (Å²) in [5, 5.41) is 2.56. The van der Waals surface area contributed by atoms with Gasteiger partial charge in [0.1, 0.15) is 0 Å². The molecule has 35 heavy (non-hydrogen) atoms. The zero-order valence-electron chi connectivity index (χ0n) is 19.1. The SMILES string of the molecule is C(=Nc1ccc(/C=C/c2ccc(-n3c4ccccc4c4ccccc43)cc2)cc1)c1ccccn1. The number of aliphatic imine (C=N–C) groups is 1. The van der Waals surface area contributed by atoms with E-state index in [4.69, 9.17) is 0 Å². The molecule has 3 heteroatoms. The summed E-state index contributed by atoms with van der Waals surface area (Å²) in [5.41, 5.74) is 7.66. The number of pyridine rings is 1. The van der Waals surface area contributed by atoms with Gasteiger partial charge in [0.05, 0.1) is 28.6 Å². The first-order valence-electron chi connectivity index (χ1n) is 11.7. The summed E-state index contributed by atoms with van der Waals surface area (Å²) < 4.78 is 2.34. The van der Waals surface area contributed by atoms with Gasteiger partial charge in [-0.05, 0) is 59.7 Å². The summed E-state index contributed by atoms with van der Waals surface area (Å²) in [6, 6.07) is 39.9. The van der Waals surface area contributed by atoms with E-state index in [0.717, 1.165) is 28.2 Å². The Morgan fingerprint density at radius 1 is 0.571 bits per heavy atom. The van der Waals surface area contributed by atoms with E-state index >= 15 is 0 Å². The average Bonchev–Trinajstić information content (AvgIpc) is 3.27. The molecule has 3 nitrogen and oxygen atoms in total. The molecule has 2 heterocycles. The Balaban J connectivity index is 1.22. The Bertz CT molecular complexity index is 1600. The lowest BCUT2D eigenvalue weighted by molar-refractivity contribution is 1.18. The molecule has 0 atom stereocenters. The smallest absolute Gasteiger partial charge is 0.0812 e. The summed E-state index contributed by atoms with van der Waals surface area (Å²) in [7, 11) is 0. The zero-order valence-corrected chi connectivity index (χ0v) is 19.1. The molecule has 0 spiro atoms. The van der Waals surface area contributed by atoms with Crippen LogP contribution in [0, 0.1) is 0 Å². The molecule has 0 fully saturated rings. The molecule has 0 aliphatic carbocycles. The van der Waals surface area contributed by atoms with Crippen LogP contribution in [-0.2, 0) is 0 Å². The third-order valence-corrected chi connectivity index (χ3v) is 6.13. The average molecular weight is 450 g/mol. The van der Waals surface area contributed by atoms with Crippen molar-refractivity contribution in [3.05, 3.63) is 138 Å². The normalized spacial score (nSPS) is 11.8. The van der Waals surface area contributed by atoms with Crippen LogP contribution in [-0.4, -0.2) is 15.8 Å². The van der Waals surface area contributed by atoms with Crippen molar-refractivity contribution >= 4 is 45.9 Å². The Hall–Kier alpha value is -4.76. The minimum Gasteiger partial charge on any atom is -0.309 e. The van der Waals surface area contributed by atoms with Crippen molar-refractivity contribution in [3.8, 4) is 5.69 Å². The monoisotopic (exact) mass is 449 g/mol. The molecule has 0 radical (unpaired) electrons. The number of benzene rings is 4. The van der Waals surface area contributed by atoms with Gasteiger partial charge in [-0.15, -0.1) is 0 Å². The van der Waals surface area contributed by atoms with Crippen molar-refractivity contribution in [2.75, 3.05) is 0 Å². The molecule has 0 saturated heterocycles. The number of fused-ring (bicyclic) bond motifs is 3. The first-order valence-corrected chi connectivity index (χ1v) is 11.7. The van der Waals surface area contributed by atoms with E-state index in [2.05, 4.69) is 112 Å². The highest BCUT2D eigenvalue weighted by Crippen LogP contribution is 2.31. The maximum absolute atomic E-state index is 4.50. The van der Waals surface area contributed by atoms with Crippen LogP contribution in [0.2, 0.25) is 0 Å². The van der Waals surface area contributed by atoms with E-state index in [1.165, 1.54) is 21.8 Å². The van der Waals surface area contributed by atoms with E-state index in [0.29, 0.717) is 0 Å². The number of hydrogen-bond donors (Lipinski definition) is 0. The summed E-state index contributed by atoms with van der Waals surface area (Å²) in [5.74, 6) is 0. The van der Waals surface area contributed by atoms with E-state index in [9.17, 15) is 0 Å². The predicted octanol–water partition coefficient (Wildman–Crippen LogP) is 8.10. The molecule has 166 valence electrons. The van der Waals surface area contributed by atoms with Crippen molar-refractivity contribution in [1.29, 1.82) is 0 Å². The van der Waals surface area contributed by atoms with Crippen LogP contribution in [0.3, 0.4) is 0 Å². The fourth-order valence-electron chi connectivity index (χ4n) is 4.39. The summed E-state index contributed by atoms with van der Waals surface area (Å²) in [6.07, 6.45) is 7.82. The van der Waals surface area contributed by atoms with Gasteiger partial charge in [0, 0.05) is 22.7 Å². The van der Waals surface area contributed by atoms with Gasteiger partial charge in [-0.1, -0.05) is 78.9 Å². The predicted molar refractivity (Wildman–Crippen MR) is 148 cm³/mol. The highest BCUT2D eigenvalue weighted by atomic mass is 15.0. The van der Waals surface area contributed by atoms with Gasteiger partial charge < -0.3 is 4.57 Å². The lowest BCUT2D eigenvalue weighted by Crippen LogP contribution is -1.93. The lowest BCUT2D eigenvalue weighted by atomic mass is 10.1. The van der Waals surface area contributed by atoms with Crippen LogP contribution in [0.4, 0.5) is 5.69 Å². The van der Waals surface area contributed by atoms with Crippen LogP contribution >= 0.6 is 0 Å².